The predicted octanol–water partition coefficient (Wildman–Crippen LogP) is 3.12. The monoisotopic (exact) mass is 278 g/mol. The van der Waals surface area contributed by atoms with Gasteiger partial charge in [-0.1, -0.05) is 32.6 Å². The molecule has 1 rings (SSSR count). The lowest BCUT2D eigenvalue weighted by Crippen LogP contribution is -2.27. The Balaban J connectivity index is 2.00. The molecule has 0 heterocycles. The van der Waals surface area contributed by atoms with Crippen LogP contribution >= 0.6 is 0 Å². The molecule has 0 atom stereocenters. The van der Waals surface area contributed by atoms with E-state index in [0.717, 1.165) is 18.6 Å². The molecule has 1 aromatic carbocycles. The van der Waals surface area contributed by atoms with Crippen molar-refractivity contribution in [3.05, 3.63) is 24.3 Å². The standard InChI is InChI=1S/C16H26N2O2/c1-2-3-4-5-6-7-16(19)18-12-13-20-15-10-8-14(17)9-11-15/h8-11H,2-7,12-13,17H2,1H3,(H,18,19). The van der Waals surface area contributed by atoms with E-state index in [0.29, 0.717) is 25.3 Å². The summed E-state index contributed by atoms with van der Waals surface area (Å²) in [5.41, 5.74) is 6.30. The van der Waals surface area contributed by atoms with E-state index in [-0.39, 0.29) is 5.91 Å². The molecule has 0 aromatic heterocycles. The largest absolute Gasteiger partial charge is 0.492 e. The van der Waals surface area contributed by atoms with Crippen LogP contribution in [0.15, 0.2) is 24.3 Å². The predicted molar refractivity (Wildman–Crippen MR) is 82.7 cm³/mol. The highest BCUT2D eigenvalue weighted by atomic mass is 16.5. The highest BCUT2D eigenvalue weighted by Gasteiger charge is 2.00. The number of amides is 1. The zero-order valence-electron chi connectivity index (χ0n) is 12.4. The molecule has 0 bridgehead atoms. The van der Waals surface area contributed by atoms with E-state index in [1.54, 1.807) is 12.1 Å². The molecular formula is C16H26N2O2. The molecule has 3 N–H and O–H groups in total. The molecule has 4 heteroatoms. The molecular weight excluding hydrogens is 252 g/mol. The second-order valence-electron chi connectivity index (χ2n) is 4.93. The third-order valence-electron chi connectivity index (χ3n) is 3.08. The Morgan fingerprint density at radius 3 is 2.55 bits per heavy atom. The lowest BCUT2D eigenvalue weighted by molar-refractivity contribution is -0.121. The van der Waals surface area contributed by atoms with Crippen LogP contribution in [0.3, 0.4) is 0 Å². The van der Waals surface area contributed by atoms with Crippen LogP contribution in [-0.2, 0) is 4.79 Å². The maximum atomic E-state index is 11.5. The van der Waals surface area contributed by atoms with E-state index in [1.807, 2.05) is 12.1 Å². The van der Waals surface area contributed by atoms with Crippen LogP contribution in [-0.4, -0.2) is 19.1 Å². The molecule has 0 fully saturated rings. The van der Waals surface area contributed by atoms with E-state index in [4.69, 9.17) is 10.5 Å². The number of hydrogen-bond acceptors (Lipinski definition) is 3. The molecule has 0 aliphatic heterocycles. The summed E-state index contributed by atoms with van der Waals surface area (Å²) in [6, 6.07) is 7.24. The minimum atomic E-state index is 0.113. The fourth-order valence-electron chi connectivity index (χ4n) is 1.90. The van der Waals surface area contributed by atoms with Crippen LogP contribution in [0.2, 0.25) is 0 Å². The van der Waals surface area contributed by atoms with Gasteiger partial charge in [-0.25, -0.2) is 0 Å². The number of ether oxygens (including phenoxy) is 1. The second kappa shape index (κ2) is 10.1. The first-order valence-corrected chi connectivity index (χ1v) is 7.47. The van der Waals surface area contributed by atoms with Crippen LogP contribution in [0.25, 0.3) is 0 Å². The summed E-state index contributed by atoms with van der Waals surface area (Å²) in [5, 5.41) is 2.87. The molecule has 0 unspecified atom stereocenters. The summed E-state index contributed by atoms with van der Waals surface area (Å²) in [4.78, 5) is 11.5. The van der Waals surface area contributed by atoms with Gasteiger partial charge in [0.15, 0.2) is 0 Å². The highest BCUT2D eigenvalue weighted by Crippen LogP contribution is 2.12. The molecule has 0 spiro atoms. The third kappa shape index (κ3) is 7.67. The van der Waals surface area contributed by atoms with E-state index >= 15 is 0 Å². The average Bonchev–Trinajstić information content (AvgIpc) is 2.45. The number of carbonyl (C=O) groups excluding carboxylic acids is 1. The van der Waals surface area contributed by atoms with E-state index in [2.05, 4.69) is 12.2 Å². The molecule has 20 heavy (non-hydrogen) atoms. The van der Waals surface area contributed by atoms with Gasteiger partial charge in [0.25, 0.3) is 0 Å². The van der Waals surface area contributed by atoms with Gasteiger partial charge in [-0.15, -0.1) is 0 Å². The SMILES string of the molecule is CCCCCCCC(=O)NCCOc1ccc(N)cc1. The highest BCUT2D eigenvalue weighted by molar-refractivity contribution is 5.75. The van der Waals surface area contributed by atoms with Crippen molar-refractivity contribution in [2.45, 2.75) is 45.4 Å². The molecule has 1 amide bonds. The number of anilines is 1. The Hall–Kier alpha value is -1.71. The van der Waals surface area contributed by atoms with Crippen molar-refractivity contribution < 1.29 is 9.53 Å². The van der Waals surface area contributed by atoms with Crippen molar-refractivity contribution in [3.8, 4) is 5.75 Å². The topological polar surface area (TPSA) is 64.3 Å². The first-order chi connectivity index (χ1) is 9.72. The van der Waals surface area contributed by atoms with Crippen molar-refractivity contribution in [3.63, 3.8) is 0 Å². The van der Waals surface area contributed by atoms with Gasteiger partial charge in [0.1, 0.15) is 12.4 Å². The Kier molecular flexibility index (Phi) is 8.27. The minimum Gasteiger partial charge on any atom is -0.492 e. The van der Waals surface area contributed by atoms with Crippen molar-refractivity contribution in [2.75, 3.05) is 18.9 Å². The number of carbonyl (C=O) groups is 1. The number of hydrogen-bond donors (Lipinski definition) is 2. The quantitative estimate of drug-likeness (QED) is 0.510. The summed E-state index contributed by atoms with van der Waals surface area (Å²) in [6.45, 7) is 3.21. The van der Waals surface area contributed by atoms with Gasteiger partial charge in [0.2, 0.25) is 5.91 Å². The molecule has 4 nitrogen and oxygen atoms in total. The van der Waals surface area contributed by atoms with Crippen molar-refractivity contribution >= 4 is 11.6 Å². The fourth-order valence-corrected chi connectivity index (χ4v) is 1.90. The van der Waals surface area contributed by atoms with Crippen LogP contribution in [0, 0.1) is 0 Å². The van der Waals surface area contributed by atoms with Crippen molar-refractivity contribution in [1.82, 2.24) is 5.32 Å². The number of benzene rings is 1. The Morgan fingerprint density at radius 1 is 1.15 bits per heavy atom. The molecule has 0 saturated carbocycles. The minimum absolute atomic E-state index is 0.113. The summed E-state index contributed by atoms with van der Waals surface area (Å²) in [5.74, 6) is 0.885. The zero-order valence-corrected chi connectivity index (χ0v) is 12.4. The van der Waals surface area contributed by atoms with Gasteiger partial charge >= 0.3 is 0 Å². The second-order valence-corrected chi connectivity index (χ2v) is 4.93. The van der Waals surface area contributed by atoms with Crippen molar-refractivity contribution in [1.29, 1.82) is 0 Å². The van der Waals surface area contributed by atoms with Crippen LogP contribution in [0.5, 0.6) is 5.75 Å². The van der Waals surface area contributed by atoms with E-state index in [9.17, 15) is 4.79 Å². The van der Waals surface area contributed by atoms with Gasteiger partial charge in [0.05, 0.1) is 6.54 Å². The van der Waals surface area contributed by atoms with Crippen LogP contribution < -0.4 is 15.8 Å². The van der Waals surface area contributed by atoms with Gasteiger partial charge in [0, 0.05) is 12.1 Å². The number of nitrogen functional groups attached to an aromatic ring is 1. The number of unbranched alkanes of at least 4 members (excludes halogenated alkanes) is 4. The maximum absolute atomic E-state index is 11.5. The zero-order chi connectivity index (χ0) is 14.6. The number of nitrogens with two attached hydrogens (primary N) is 1. The molecule has 0 saturated heterocycles. The molecule has 1 aromatic rings. The smallest absolute Gasteiger partial charge is 0.220 e. The van der Waals surface area contributed by atoms with Crippen LogP contribution in [0.1, 0.15) is 45.4 Å². The average molecular weight is 278 g/mol. The first kappa shape index (κ1) is 16.3. The molecule has 0 aliphatic carbocycles. The van der Waals surface area contributed by atoms with Gasteiger partial charge in [-0.2, -0.15) is 0 Å². The third-order valence-corrected chi connectivity index (χ3v) is 3.08. The molecule has 0 aliphatic rings. The fraction of sp³-hybridized carbons (Fsp3) is 0.562. The maximum Gasteiger partial charge on any atom is 0.220 e. The van der Waals surface area contributed by atoms with Gasteiger partial charge < -0.3 is 15.8 Å². The lowest BCUT2D eigenvalue weighted by Gasteiger charge is -2.08. The molecule has 112 valence electrons. The Bertz CT molecular complexity index is 377. The Morgan fingerprint density at radius 2 is 1.85 bits per heavy atom. The number of nitrogens with one attached hydrogen (secondary N) is 1. The Labute approximate surface area is 121 Å². The van der Waals surface area contributed by atoms with Gasteiger partial charge in [-0.05, 0) is 30.7 Å². The molecule has 0 radical (unpaired) electrons. The summed E-state index contributed by atoms with van der Waals surface area (Å²) in [6.07, 6.45) is 6.45. The van der Waals surface area contributed by atoms with E-state index in [1.165, 1.54) is 19.3 Å². The van der Waals surface area contributed by atoms with Gasteiger partial charge in [-0.3, -0.25) is 4.79 Å². The number of rotatable bonds is 10. The summed E-state index contributed by atoms with van der Waals surface area (Å²) >= 11 is 0. The lowest BCUT2D eigenvalue weighted by atomic mass is 10.1. The summed E-state index contributed by atoms with van der Waals surface area (Å²) in [7, 11) is 0. The van der Waals surface area contributed by atoms with Crippen molar-refractivity contribution in [2.24, 2.45) is 0 Å². The normalized spacial score (nSPS) is 10.2. The van der Waals surface area contributed by atoms with E-state index < -0.39 is 0 Å². The first-order valence-electron chi connectivity index (χ1n) is 7.47. The summed E-state index contributed by atoms with van der Waals surface area (Å²) < 4.78 is 5.50. The van der Waals surface area contributed by atoms with Crippen LogP contribution in [0.4, 0.5) is 5.69 Å².